The molecule has 2 nitrogen and oxygen atoms in total. The van der Waals surface area contributed by atoms with Crippen molar-refractivity contribution in [3.05, 3.63) is 34.1 Å². The summed E-state index contributed by atoms with van der Waals surface area (Å²) in [5.74, 6) is 0.0311. The number of halogens is 3. The average molecular weight is 365 g/mol. The number of nitrogens with zero attached hydrogens (tertiary/aromatic N) is 1. The van der Waals surface area contributed by atoms with E-state index in [1.807, 2.05) is 0 Å². The average Bonchev–Trinajstić information content (AvgIpc) is 2.75. The number of hydrogen-bond acceptors (Lipinski definition) is 1. The van der Waals surface area contributed by atoms with Gasteiger partial charge in [0.1, 0.15) is 5.82 Å². The smallest absolute Gasteiger partial charge is 0.254 e. The van der Waals surface area contributed by atoms with Gasteiger partial charge in [0.2, 0.25) is 0 Å². The van der Waals surface area contributed by atoms with Crippen LogP contribution in [-0.2, 0) is 0 Å². The standard InChI is InChI=1S/C12H12Br2FNO/c13-6-8-1-2-16(7-8)12(17)9-3-10(14)5-11(15)4-9/h3-5,8H,1-2,6-7H2. The molecule has 1 unspecified atom stereocenters. The second kappa shape index (κ2) is 5.48. The lowest BCUT2D eigenvalue weighted by atomic mass is 10.2. The Labute approximate surface area is 116 Å². The Bertz CT molecular complexity index is 418. The molecule has 1 heterocycles. The molecule has 0 saturated carbocycles. The summed E-state index contributed by atoms with van der Waals surface area (Å²) in [6, 6.07) is 4.30. The van der Waals surface area contributed by atoms with E-state index in [9.17, 15) is 9.18 Å². The van der Waals surface area contributed by atoms with Gasteiger partial charge >= 0.3 is 0 Å². The maximum absolute atomic E-state index is 13.2. The normalized spacial score (nSPS) is 19.7. The van der Waals surface area contributed by atoms with Crippen LogP contribution in [0.3, 0.4) is 0 Å². The molecular formula is C12H12Br2FNO. The first kappa shape index (κ1) is 13.0. The fourth-order valence-electron chi connectivity index (χ4n) is 2.00. The zero-order chi connectivity index (χ0) is 12.4. The predicted octanol–water partition coefficient (Wildman–Crippen LogP) is 3.45. The predicted molar refractivity (Wildman–Crippen MR) is 71.9 cm³/mol. The van der Waals surface area contributed by atoms with Gasteiger partial charge in [-0.15, -0.1) is 0 Å². The first-order valence-corrected chi connectivity index (χ1v) is 7.33. The molecule has 17 heavy (non-hydrogen) atoms. The highest BCUT2D eigenvalue weighted by atomic mass is 79.9. The first-order chi connectivity index (χ1) is 8.10. The van der Waals surface area contributed by atoms with Crippen molar-refractivity contribution in [1.82, 2.24) is 4.90 Å². The number of likely N-dealkylation sites (tertiary alicyclic amines) is 1. The van der Waals surface area contributed by atoms with Gasteiger partial charge in [-0.25, -0.2) is 4.39 Å². The summed E-state index contributed by atoms with van der Waals surface area (Å²) < 4.78 is 13.8. The lowest BCUT2D eigenvalue weighted by Crippen LogP contribution is -2.28. The molecule has 1 aromatic carbocycles. The molecule has 0 aromatic heterocycles. The van der Waals surface area contributed by atoms with E-state index in [1.54, 1.807) is 11.0 Å². The van der Waals surface area contributed by atoms with Crippen molar-refractivity contribution in [3.63, 3.8) is 0 Å². The summed E-state index contributed by atoms with van der Waals surface area (Å²) in [4.78, 5) is 13.9. The van der Waals surface area contributed by atoms with Crippen LogP contribution in [0.15, 0.2) is 22.7 Å². The van der Waals surface area contributed by atoms with Crippen LogP contribution >= 0.6 is 31.9 Å². The fourth-order valence-corrected chi connectivity index (χ4v) is 3.00. The third-order valence-electron chi connectivity index (χ3n) is 2.90. The van der Waals surface area contributed by atoms with E-state index in [1.165, 1.54) is 12.1 Å². The van der Waals surface area contributed by atoms with Crippen LogP contribution in [0.2, 0.25) is 0 Å². The van der Waals surface area contributed by atoms with Gasteiger partial charge in [0, 0.05) is 28.5 Å². The van der Waals surface area contributed by atoms with Gasteiger partial charge in [0.15, 0.2) is 0 Å². The van der Waals surface area contributed by atoms with E-state index in [4.69, 9.17) is 0 Å². The molecule has 1 aliphatic rings. The highest BCUT2D eigenvalue weighted by molar-refractivity contribution is 9.10. The van der Waals surface area contributed by atoms with E-state index < -0.39 is 0 Å². The molecule has 1 aromatic rings. The molecule has 1 atom stereocenters. The van der Waals surface area contributed by atoms with Crippen molar-refractivity contribution in [1.29, 1.82) is 0 Å². The fraction of sp³-hybridized carbons (Fsp3) is 0.417. The number of carbonyl (C=O) groups excluding carboxylic acids is 1. The monoisotopic (exact) mass is 363 g/mol. The number of alkyl halides is 1. The van der Waals surface area contributed by atoms with Crippen molar-refractivity contribution in [3.8, 4) is 0 Å². The SMILES string of the molecule is O=C(c1cc(F)cc(Br)c1)N1CCC(CBr)C1. The number of hydrogen-bond donors (Lipinski definition) is 0. The molecule has 92 valence electrons. The Morgan fingerprint density at radius 1 is 1.47 bits per heavy atom. The summed E-state index contributed by atoms with van der Waals surface area (Å²) in [6.07, 6.45) is 1.01. The molecular weight excluding hydrogens is 353 g/mol. The third kappa shape index (κ3) is 3.07. The molecule has 0 spiro atoms. The van der Waals surface area contributed by atoms with Crippen LogP contribution < -0.4 is 0 Å². The van der Waals surface area contributed by atoms with Gasteiger partial charge in [-0.3, -0.25) is 4.79 Å². The summed E-state index contributed by atoms with van der Waals surface area (Å²) in [6.45, 7) is 1.50. The Morgan fingerprint density at radius 3 is 2.82 bits per heavy atom. The summed E-state index contributed by atoms with van der Waals surface area (Å²) in [5.41, 5.74) is 0.409. The number of rotatable bonds is 2. The Balaban J connectivity index is 2.14. The van der Waals surface area contributed by atoms with E-state index >= 15 is 0 Å². The van der Waals surface area contributed by atoms with Crippen LogP contribution in [0.5, 0.6) is 0 Å². The molecule has 0 radical (unpaired) electrons. The maximum Gasteiger partial charge on any atom is 0.254 e. The minimum Gasteiger partial charge on any atom is -0.338 e. The largest absolute Gasteiger partial charge is 0.338 e. The highest BCUT2D eigenvalue weighted by Crippen LogP contribution is 2.22. The minimum atomic E-state index is -0.390. The molecule has 0 N–H and O–H groups in total. The van der Waals surface area contributed by atoms with Gasteiger partial charge < -0.3 is 4.90 Å². The van der Waals surface area contributed by atoms with Crippen LogP contribution in [0.4, 0.5) is 4.39 Å². The van der Waals surface area contributed by atoms with E-state index in [-0.39, 0.29) is 11.7 Å². The van der Waals surface area contributed by atoms with Crippen molar-refractivity contribution < 1.29 is 9.18 Å². The maximum atomic E-state index is 13.2. The van der Waals surface area contributed by atoms with Crippen LogP contribution in [-0.4, -0.2) is 29.2 Å². The molecule has 0 bridgehead atoms. The molecule has 1 aliphatic heterocycles. The number of benzene rings is 1. The highest BCUT2D eigenvalue weighted by Gasteiger charge is 2.26. The molecule has 2 rings (SSSR count). The Kier molecular flexibility index (Phi) is 4.20. The zero-order valence-corrected chi connectivity index (χ0v) is 12.3. The van der Waals surface area contributed by atoms with Gasteiger partial charge in [-0.2, -0.15) is 0 Å². The molecule has 1 fully saturated rings. The van der Waals surface area contributed by atoms with E-state index in [0.29, 0.717) is 16.0 Å². The zero-order valence-electron chi connectivity index (χ0n) is 9.13. The molecule has 1 saturated heterocycles. The second-order valence-corrected chi connectivity index (χ2v) is 5.78. The lowest BCUT2D eigenvalue weighted by molar-refractivity contribution is 0.0788. The van der Waals surface area contributed by atoms with Gasteiger partial charge in [0.25, 0.3) is 5.91 Å². The number of amides is 1. The summed E-state index contributed by atoms with van der Waals surface area (Å²) >= 11 is 6.62. The number of carbonyl (C=O) groups is 1. The van der Waals surface area contributed by atoms with Crippen molar-refractivity contribution in [2.75, 3.05) is 18.4 Å². The van der Waals surface area contributed by atoms with Gasteiger partial charge in [0.05, 0.1) is 0 Å². The minimum absolute atomic E-state index is 0.0892. The van der Waals surface area contributed by atoms with Gasteiger partial charge in [-0.1, -0.05) is 31.9 Å². The molecule has 0 aliphatic carbocycles. The van der Waals surface area contributed by atoms with Crippen molar-refractivity contribution in [2.45, 2.75) is 6.42 Å². The van der Waals surface area contributed by atoms with Crippen LogP contribution in [0.25, 0.3) is 0 Å². The summed E-state index contributed by atoms with van der Waals surface area (Å²) in [7, 11) is 0. The molecule has 1 amide bonds. The van der Waals surface area contributed by atoms with E-state index in [0.717, 1.165) is 24.8 Å². The van der Waals surface area contributed by atoms with Crippen LogP contribution in [0.1, 0.15) is 16.8 Å². The third-order valence-corrected chi connectivity index (χ3v) is 4.27. The second-order valence-electron chi connectivity index (χ2n) is 4.22. The van der Waals surface area contributed by atoms with Crippen LogP contribution in [0, 0.1) is 11.7 Å². The Hall–Kier alpha value is -0.420. The van der Waals surface area contributed by atoms with Crippen molar-refractivity contribution in [2.24, 2.45) is 5.92 Å². The first-order valence-electron chi connectivity index (χ1n) is 5.41. The van der Waals surface area contributed by atoms with E-state index in [2.05, 4.69) is 31.9 Å². The lowest BCUT2D eigenvalue weighted by Gasteiger charge is -2.16. The van der Waals surface area contributed by atoms with Crippen molar-refractivity contribution >= 4 is 37.8 Å². The van der Waals surface area contributed by atoms with Gasteiger partial charge in [-0.05, 0) is 30.5 Å². The quantitative estimate of drug-likeness (QED) is 0.736. The Morgan fingerprint density at radius 2 is 2.24 bits per heavy atom. The summed E-state index contributed by atoms with van der Waals surface area (Å²) in [5, 5.41) is 0.906. The topological polar surface area (TPSA) is 20.3 Å². The molecule has 5 heteroatoms.